The number of benzene rings is 2. The molecule has 2 aliphatic heterocycles. The van der Waals surface area contributed by atoms with Gasteiger partial charge in [-0.3, -0.25) is 9.59 Å². The molecule has 27 heavy (non-hydrogen) atoms. The first-order valence-electron chi connectivity index (χ1n) is 8.93. The Hall–Kier alpha value is -2.79. The van der Waals surface area contributed by atoms with Crippen LogP contribution in [0.5, 0.6) is 0 Å². The lowest BCUT2D eigenvalue weighted by Gasteiger charge is -2.31. The van der Waals surface area contributed by atoms with Crippen LogP contribution in [0.2, 0.25) is 5.02 Å². The molecule has 2 aromatic carbocycles. The van der Waals surface area contributed by atoms with Crippen LogP contribution < -0.4 is 10.6 Å². The van der Waals surface area contributed by atoms with Crippen molar-refractivity contribution < 1.29 is 9.59 Å². The van der Waals surface area contributed by atoms with Gasteiger partial charge in [0.25, 0.3) is 5.91 Å². The van der Waals surface area contributed by atoms with Crippen molar-refractivity contribution in [3.8, 4) is 0 Å². The number of nitrogens with one attached hydrogen (secondary N) is 2. The van der Waals surface area contributed by atoms with Crippen LogP contribution in [-0.4, -0.2) is 22.8 Å². The van der Waals surface area contributed by atoms with Crippen molar-refractivity contribution in [2.75, 3.05) is 5.32 Å². The summed E-state index contributed by atoms with van der Waals surface area (Å²) in [5, 5.41) is 6.86. The van der Waals surface area contributed by atoms with Crippen molar-refractivity contribution in [2.24, 2.45) is 0 Å². The second kappa shape index (κ2) is 7.08. The first-order chi connectivity index (χ1) is 13.0. The number of halogens is 1. The van der Waals surface area contributed by atoms with E-state index in [0.29, 0.717) is 42.2 Å². The standard InChI is InChI=1S/C21H20ClN3O2/c1-13-8-9-19(20(26)24-13)25-12-17-16(21(25)27)6-3-7-18(17)23-11-14-4-2-5-15(22)10-14/h2-7,10,19,23H,1,8-9,11-12H2,(H,24,26). The van der Waals surface area contributed by atoms with Crippen LogP contribution in [0.1, 0.15) is 34.3 Å². The van der Waals surface area contributed by atoms with Crippen molar-refractivity contribution in [2.45, 2.75) is 32.0 Å². The van der Waals surface area contributed by atoms with Crippen LogP contribution in [-0.2, 0) is 17.9 Å². The van der Waals surface area contributed by atoms with E-state index in [9.17, 15) is 9.59 Å². The van der Waals surface area contributed by atoms with Crippen LogP contribution in [0.4, 0.5) is 5.69 Å². The van der Waals surface area contributed by atoms with E-state index in [1.807, 2.05) is 42.5 Å². The second-order valence-corrected chi connectivity index (χ2v) is 7.33. The average molecular weight is 382 g/mol. The predicted molar refractivity (Wildman–Crippen MR) is 105 cm³/mol. The highest BCUT2D eigenvalue weighted by molar-refractivity contribution is 6.30. The third-order valence-corrected chi connectivity index (χ3v) is 5.30. The number of rotatable bonds is 4. The van der Waals surface area contributed by atoms with E-state index in [1.54, 1.807) is 4.90 Å². The van der Waals surface area contributed by atoms with E-state index in [4.69, 9.17) is 11.6 Å². The van der Waals surface area contributed by atoms with Gasteiger partial charge in [0.2, 0.25) is 5.91 Å². The first-order valence-corrected chi connectivity index (χ1v) is 9.30. The Morgan fingerprint density at radius 3 is 2.81 bits per heavy atom. The lowest BCUT2D eigenvalue weighted by Crippen LogP contribution is -2.49. The topological polar surface area (TPSA) is 61.4 Å². The first kappa shape index (κ1) is 17.6. The van der Waals surface area contributed by atoms with E-state index in [-0.39, 0.29) is 11.8 Å². The molecule has 138 valence electrons. The maximum Gasteiger partial charge on any atom is 0.255 e. The Balaban J connectivity index is 1.54. The van der Waals surface area contributed by atoms with Gasteiger partial charge in [-0.05, 0) is 42.7 Å². The molecule has 2 N–H and O–H groups in total. The van der Waals surface area contributed by atoms with Gasteiger partial charge < -0.3 is 15.5 Å². The lowest BCUT2D eigenvalue weighted by atomic mass is 10.0. The molecule has 1 unspecified atom stereocenters. The molecule has 0 saturated carbocycles. The van der Waals surface area contributed by atoms with Gasteiger partial charge in [-0.25, -0.2) is 0 Å². The smallest absolute Gasteiger partial charge is 0.255 e. The molecule has 0 bridgehead atoms. The number of carbonyl (C=O) groups is 2. The minimum Gasteiger partial charge on any atom is -0.381 e. The van der Waals surface area contributed by atoms with Gasteiger partial charge in [-0.15, -0.1) is 0 Å². The summed E-state index contributed by atoms with van der Waals surface area (Å²) in [6.07, 6.45) is 1.30. The Morgan fingerprint density at radius 2 is 2.04 bits per heavy atom. The highest BCUT2D eigenvalue weighted by atomic mass is 35.5. The molecule has 2 heterocycles. The summed E-state index contributed by atoms with van der Waals surface area (Å²) < 4.78 is 0. The number of carbonyl (C=O) groups excluding carboxylic acids is 2. The van der Waals surface area contributed by atoms with E-state index in [0.717, 1.165) is 16.8 Å². The minimum absolute atomic E-state index is 0.0935. The Labute approximate surface area is 163 Å². The van der Waals surface area contributed by atoms with Crippen molar-refractivity contribution >= 4 is 29.1 Å². The Bertz CT molecular complexity index is 941. The van der Waals surface area contributed by atoms with Gasteiger partial charge in [-0.1, -0.05) is 36.4 Å². The van der Waals surface area contributed by atoms with Gasteiger partial charge in [0.05, 0.1) is 0 Å². The molecule has 1 atom stereocenters. The number of hydrogen-bond donors (Lipinski definition) is 2. The fourth-order valence-electron chi connectivity index (χ4n) is 3.68. The molecular formula is C21H20ClN3O2. The average Bonchev–Trinajstić information content (AvgIpc) is 2.97. The maximum atomic E-state index is 12.9. The molecule has 0 spiro atoms. The Kier molecular flexibility index (Phi) is 4.62. The van der Waals surface area contributed by atoms with Crippen LogP contribution in [0.15, 0.2) is 54.7 Å². The normalized spacial score (nSPS) is 19.1. The summed E-state index contributed by atoms with van der Waals surface area (Å²) in [5.41, 5.74) is 4.27. The van der Waals surface area contributed by atoms with Crippen LogP contribution in [0.3, 0.4) is 0 Å². The number of anilines is 1. The van der Waals surface area contributed by atoms with Crippen molar-refractivity contribution in [1.29, 1.82) is 0 Å². The quantitative estimate of drug-likeness (QED) is 0.848. The van der Waals surface area contributed by atoms with E-state index in [2.05, 4.69) is 17.2 Å². The summed E-state index contributed by atoms with van der Waals surface area (Å²) >= 11 is 6.05. The molecule has 0 radical (unpaired) electrons. The summed E-state index contributed by atoms with van der Waals surface area (Å²) in [7, 11) is 0. The summed E-state index contributed by atoms with van der Waals surface area (Å²) in [6.45, 7) is 4.84. The number of piperidine rings is 1. The van der Waals surface area contributed by atoms with Crippen molar-refractivity contribution in [1.82, 2.24) is 10.2 Å². The van der Waals surface area contributed by atoms with Crippen LogP contribution in [0.25, 0.3) is 0 Å². The zero-order valence-corrected chi connectivity index (χ0v) is 15.6. The fraction of sp³-hybridized carbons (Fsp3) is 0.238. The van der Waals surface area contributed by atoms with Gasteiger partial charge in [0.1, 0.15) is 6.04 Å². The Morgan fingerprint density at radius 1 is 1.22 bits per heavy atom. The second-order valence-electron chi connectivity index (χ2n) is 6.90. The number of nitrogens with zero attached hydrogens (tertiary/aromatic N) is 1. The molecule has 6 heteroatoms. The van der Waals surface area contributed by atoms with Gasteiger partial charge >= 0.3 is 0 Å². The van der Waals surface area contributed by atoms with Crippen molar-refractivity contribution in [3.05, 3.63) is 76.5 Å². The van der Waals surface area contributed by atoms with Gasteiger partial charge in [0, 0.05) is 40.6 Å². The largest absolute Gasteiger partial charge is 0.381 e. The van der Waals surface area contributed by atoms with E-state index >= 15 is 0 Å². The van der Waals surface area contributed by atoms with Gasteiger partial charge in [-0.2, -0.15) is 0 Å². The minimum atomic E-state index is -0.448. The van der Waals surface area contributed by atoms with Gasteiger partial charge in [0.15, 0.2) is 0 Å². The van der Waals surface area contributed by atoms with E-state index < -0.39 is 6.04 Å². The molecule has 5 nitrogen and oxygen atoms in total. The molecular weight excluding hydrogens is 362 g/mol. The zero-order chi connectivity index (χ0) is 19.0. The molecule has 2 aromatic rings. The highest BCUT2D eigenvalue weighted by Crippen LogP contribution is 2.33. The zero-order valence-electron chi connectivity index (χ0n) is 14.8. The van der Waals surface area contributed by atoms with E-state index in [1.165, 1.54) is 0 Å². The molecule has 1 saturated heterocycles. The molecule has 2 aliphatic rings. The van der Waals surface area contributed by atoms with Crippen molar-refractivity contribution in [3.63, 3.8) is 0 Å². The monoisotopic (exact) mass is 381 g/mol. The molecule has 4 rings (SSSR count). The third kappa shape index (κ3) is 3.43. The summed E-state index contributed by atoms with van der Waals surface area (Å²) in [6, 6.07) is 12.9. The fourth-order valence-corrected chi connectivity index (χ4v) is 3.89. The predicted octanol–water partition coefficient (Wildman–Crippen LogP) is 3.70. The third-order valence-electron chi connectivity index (χ3n) is 5.07. The molecule has 2 amide bonds. The molecule has 0 aliphatic carbocycles. The molecule has 0 aromatic heterocycles. The van der Waals surface area contributed by atoms with Crippen LogP contribution >= 0.6 is 11.6 Å². The molecule has 1 fully saturated rings. The maximum absolute atomic E-state index is 12.9. The number of amides is 2. The van der Waals surface area contributed by atoms with Crippen LogP contribution in [0, 0.1) is 0 Å². The summed E-state index contributed by atoms with van der Waals surface area (Å²) in [4.78, 5) is 26.9. The summed E-state index contributed by atoms with van der Waals surface area (Å²) in [5.74, 6) is -0.245. The lowest BCUT2D eigenvalue weighted by molar-refractivity contribution is -0.126. The number of fused-ring (bicyclic) bond motifs is 1. The SMILES string of the molecule is C=C1CCC(N2Cc3c(NCc4cccc(Cl)c4)cccc3C2=O)C(=O)N1. The number of allylic oxidation sites excluding steroid dienone is 1. The number of hydrogen-bond acceptors (Lipinski definition) is 3. The highest BCUT2D eigenvalue weighted by Gasteiger charge is 2.38.